The molecule has 9 heteroatoms. The second-order valence-electron chi connectivity index (χ2n) is 11.0. The van der Waals surface area contributed by atoms with Gasteiger partial charge in [-0.15, -0.1) is 0 Å². The predicted octanol–water partition coefficient (Wildman–Crippen LogP) is 6.57. The van der Waals surface area contributed by atoms with Gasteiger partial charge < -0.3 is 10.2 Å². The summed E-state index contributed by atoms with van der Waals surface area (Å²) < 4.78 is 29.7. The van der Waals surface area contributed by atoms with E-state index in [-0.39, 0.29) is 23.8 Å². The highest BCUT2D eigenvalue weighted by Gasteiger charge is 2.35. The van der Waals surface area contributed by atoms with Gasteiger partial charge in [-0.2, -0.15) is 0 Å². The topological polar surface area (TPSA) is 86.8 Å². The third-order valence-electron chi connectivity index (χ3n) is 7.62. The normalized spacial score (nSPS) is 11.9. The molecule has 1 N–H and O–H groups in total. The smallest absolute Gasteiger partial charge is 0.264 e. The summed E-state index contributed by atoms with van der Waals surface area (Å²) in [4.78, 5) is 29.9. The lowest BCUT2D eigenvalue weighted by Gasteiger charge is -2.34. The van der Waals surface area contributed by atoms with Crippen molar-refractivity contribution in [3.63, 3.8) is 0 Å². The molecule has 4 aromatic rings. The molecule has 0 spiro atoms. The number of nitrogens with one attached hydrogen (secondary N) is 1. The number of benzene rings is 4. The Balaban J connectivity index is 1.82. The molecular weight excluding hydrogens is 606 g/mol. The van der Waals surface area contributed by atoms with Gasteiger partial charge in [0.05, 0.1) is 10.6 Å². The van der Waals surface area contributed by atoms with Crippen LogP contribution in [0.15, 0.2) is 108 Å². The van der Waals surface area contributed by atoms with Crippen molar-refractivity contribution in [2.45, 2.75) is 57.5 Å². The maximum atomic E-state index is 14.6. The first-order valence-corrected chi connectivity index (χ1v) is 17.0. The Morgan fingerprint density at radius 1 is 0.822 bits per heavy atom. The van der Waals surface area contributed by atoms with Gasteiger partial charge in [-0.05, 0) is 66.8 Å². The second kappa shape index (κ2) is 15.7. The van der Waals surface area contributed by atoms with E-state index in [9.17, 15) is 18.0 Å². The van der Waals surface area contributed by atoms with E-state index < -0.39 is 28.5 Å². The Labute approximate surface area is 271 Å². The van der Waals surface area contributed by atoms with Crippen molar-refractivity contribution in [2.75, 3.05) is 17.4 Å². The minimum atomic E-state index is -4.16. The van der Waals surface area contributed by atoms with Gasteiger partial charge in [-0.25, -0.2) is 8.42 Å². The van der Waals surface area contributed by atoms with E-state index in [1.165, 1.54) is 9.21 Å². The average Bonchev–Trinajstić information content (AvgIpc) is 3.05. The molecule has 4 rings (SSSR count). The number of hydrogen-bond donors (Lipinski definition) is 1. The molecular formula is C36H40ClN3O4S. The summed E-state index contributed by atoms with van der Waals surface area (Å²) in [5.74, 6) is -0.802. The third kappa shape index (κ3) is 8.74. The van der Waals surface area contributed by atoms with E-state index in [4.69, 9.17) is 11.6 Å². The predicted molar refractivity (Wildman–Crippen MR) is 181 cm³/mol. The van der Waals surface area contributed by atoms with E-state index >= 15 is 0 Å². The third-order valence-corrected chi connectivity index (χ3v) is 9.64. The standard InChI is InChI=1S/C36H40ClN3O4S/c1-4-23-38-36(42)34(24-28-11-7-6-8-12-28)39(25-29-17-19-31(37)20-18-29)35(41)26-40(33-14-10-9-13-30(33)5-2)45(43,44)32-21-15-27(3)16-22-32/h6-22,34H,4-5,23-26H2,1-3H3,(H,38,42)/t34-/m1/s1. The fourth-order valence-corrected chi connectivity index (χ4v) is 6.69. The van der Waals surface area contributed by atoms with Crippen molar-refractivity contribution in [3.8, 4) is 0 Å². The fraction of sp³-hybridized carbons (Fsp3) is 0.278. The number of rotatable bonds is 14. The number of anilines is 1. The van der Waals surface area contributed by atoms with Crippen LogP contribution in [0, 0.1) is 6.92 Å². The lowest BCUT2D eigenvalue weighted by molar-refractivity contribution is -0.140. The van der Waals surface area contributed by atoms with E-state index in [0.29, 0.717) is 23.7 Å². The molecule has 45 heavy (non-hydrogen) atoms. The Kier molecular flexibility index (Phi) is 11.8. The van der Waals surface area contributed by atoms with Crippen LogP contribution in [0.1, 0.15) is 42.5 Å². The highest BCUT2D eigenvalue weighted by Crippen LogP contribution is 2.29. The first kappa shape index (κ1) is 33.7. The van der Waals surface area contributed by atoms with Crippen LogP contribution in [0.2, 0.25) is 5.02 Å². The van der Waals surface area contributed by atoms with Gasteiger partial charge >= 0.3 is 0 Å². The molecule has 0 aliphatic rings. The number of sulfonamides is 1. The molecule has 0 aliphatic heterocycles. The number of nitrogens with zero attached hydrogens (tertiary/aromatic N) is 2. The Morgan fingerprint density at radius 2 is 1.47 bits per heavy atom. The van der Waals surface area contributed by atoms with Crippen molar-refractivity contribution in [1.82, 2.24) is 10.2 Å². The quantitative estimate of drug-likeness (QED) is 0.168. The molecule has 0 heterocycles. The van der Waals surface area contributed by atoms with Crippen molar-refractivity contribution in [2.24, 2.45) is 0 Å². The average molecular weight is 646 g/mol. The van der Waals surface area contributed by atoms with Crippen molar-refractivity contribution < 1.29 is 18.0 Å². The maximum absolute atomic E-state index is 14.6. The van der Waals surface area contributed by atoms with Gasteiger partial charge in [0, 0.05) is 24.5 Å². The zero-order valence-electron chi connectivity index (χ0n) is 25.9. The first-order valence-electron chi connectivity index (χ1n) is 15.2. The molecule has 2 amide bonds. The van der Waals surface area contributed by atoms with Crippen LogP contribution in [0.4, 0.5) is 5.69 Å². The van der Waals surface area contributed by atoms with Gasteiger partial charge in [-0.1, -0.05) is 104 Å². The summed E-state index contributed by atoms with van der Waals surface area (Å²) in [6, 6.07) is 29.4. The van der Waals surface area contributed by atoms with Crippen LogP contribution in [-0.4, -0.2) is 44.3 Å². The number of carbonyl (C=O) groups is 2. The van der Waals surface area contributed by atoms with Crippen molar-refractivity contribution in [1.29, 1.82) is 0 Å². The molecule has 0 bridgehead atoms. The van der Waals surface area contributed by atoms with Gasteiger partial charge in [0.1, 0.15) is 12.6 Å². The Morgan fingerprint density at radius 3 is 2.11 bits per heavy atom. The first-order chi connectivity index (χ1) is 21.6. The Hall–Kier alpha value is -4.14. The molecule has 7 nitrogen and oxygen atoms in total. The van der Waals surface area contributed by atoms with Gasteiger partial charge in [-0.3, -0.25) is 13.9 Å². The highest BCUT2D eigenvalue weighted by molar-refractivity contribution is 7.92. The van der Waals surface area contributed by atoms with E-state index in [0.717, 1.165) is 28.7 Å². The summed E-state index contributed by atoms with van der Waals surface area (Å²) in [5.41, 5.74) is 3.77. The summed E-state index contributed by atoms with van der Waals surface area (Å²) in [6.45, 7) is 5.83. The molecule has 4 aromatic carbocycles. The molecule has 0 saturated heterocycles. The van der Waals surface area contributed by atoms with Crippen LogP contribution < -0.4 is 9.62 Å². The zero-order valence-corrected chi connectivity index (χ0v) is 27.5. The summed E-state index contributed by atoms with van der Waals surface area (Å²) in [6.07, 6.45) is 1.55. The number of halogens is 1. The molecule has 0 aromatic heterocycles. The lowest BCUT2D eigenvalue weighted by atomic mass is 10.0. The largest absolute Gasteiger partial charge is 0.354 e. The highest BCUT2D eigenvalue weighted by atomic mass is 35.5. The van der Waals surface area contributed by atoms with Gasteiger partial charge in [0.15, 0.2) is 0 Å². The maximum Gasteiger partial charge on any atom is 0.264 e. The van der Waals surface area contributed by atoms with Crippen molar-refractivity contribution in [3.05, 3.63) is 130 Å². The number of aryl methyl sites for hydroxylation is 2. The van der Waals surface area contributed by atoms with Crippen LogP contribution in [-0.2, 0) is 39.0 Å². The minimum absolute atomic E-state index is 0.0811. The molecule has 0 aliphatic carbocycles. The molecule has 0 fully saturated rings. The number of carbonyl (C=O) groups excluding carboxylic acids is 2. The monoisotopic (exact) mass is 645 g/mol. The molecule has 1 atom stereocenters. The SMILES string of the molecule is CCCNC(=O)[C@@H](Cc1ccccc1)N(Cc1ccc(Cl)cc1)C(=O)CN(c1ccccc1CC)S(=O)(=O)c1ccc(C)cc1. The summed E-state index contributed by atoms with van der Waals surface area (Å²) in [5, 5.41) is 3.51. The van der Waals surface area contributed by atoms with Crippen LogP contribution in [0.25, 0.3) is 0 Å². The fourth-order valence-electron chi connectivity index (χ4n) is 5.11. The second-order valence-corrected chi connectivity index (χ2v) is 13.3. The number of hydrogen-bond acceptors (Lipinski definition) is 4. The Bertz CT molecular complexity index is 1680. The van der Waals surface area contributed by atoms with Crippen molar-refractivity contribution >= 4 is 39.1 Å². The van der Waals surface area contributed by atoms with E-state index in [1.807, 2.05) is 63.2 Å². The zero-order chi connectivity index (χ0) is 32.4. The van der Waals surface area contributed by atoms with Gasteiger partial charge in [0.25, 0.3) is 10.0 Å². The van der Waals surface area contributed by atoms with Crippen LogP contribution in [0.3, 0.4) is 0 Å². The van der Waals surface area contributed by atoms with Gasteiger partial charge in [0.2, 0.25) is 11.8 Å². The molecule has 0 unspecified atom stereocenters. The van der Waals surface area contributed by atoms with E-state index in [2.05, 4.69) is 5.32 Å². The molecule has 0 saturated carbocycles. The molecule has 236 valence electrons. The lowest BCUT2D eigenvalue weighted by Crippen LogP contribution is -2.53. The van der Waals surface area contributed by atoms with Crippen LogP contribution in [0.5, 0.6) is 0 Å². The van der Waals surface area contributed by atoms with E-state index in [1.54, 1.807) is 60.7 Å². The summed E-state index contributed by atoms with van der Waals surface area (Å²) in [7, 11) is -4.16. The van der Waals surface area contributed by atoms with Crippen LogP contribution >= 0.6 is 11.6 Å². The number of para-hydroxylation sites is 1. The molecule has 0 radical (unpaired) electrons. The minimum Gasteiger partial charge on any atom is -0.354 e. The number of amides is 2. The summed E-state index contributed by atoms with van der Waals surface area (Å²) >= 11 is 6.15.